The number of nitrogens with zero attached hydrogens (tertiary/aromatic N) is 1. The van der Waals surface area contributed by atoms with Crippen LogP contribution in [0.5, 0.6) is 0 Å². The van der Waals surface area contributed by atoms with Gasteiger partial charge in [0.15, 0.2) is 0 Å². The lowest BCUT2D eigenvalue weighted by molar-refractivity contribution is 0.304. The van der Waals surface area contributed by atoms with E-state index in [0.717, 1.165) is 37.9 Å². The van der Waals surface area contributed by atoms with E-state index in [1.54, 1.807) is 12.5 Å². The van der Waals surface area contributed by atoms with Crippen LogP contribution >= 0.6 is 0 Å². The van der Waals surface area contributed by atoms with Gasteiger partial charge < -0.3 is 20.7 Å². The van der Waals surface area contributed by atoms with Crippen LogP contribution in [0.25, 0.3) is 0 Å². The molecule has 5 nitrogen and oxygen atoms in total. The maximum absolute atomic E-state index is 8.66. The molecule has 1 rings (SSSR count). The molecule has 0 saturated heterocycles. The van der Waals surface area contributed by atoms with Crippen molar-refractivity contribution < 1.29 is 9.62 Å². The Labute approximate surface area is 108 Å². The molecular weight excluding hydrogens is 230 g/mol. The molecule has 0 amide bonds. The lowest BCUT2D eigenvalue weighted by atomic mass is 9.86. The largest absolute Gasteiger partial charge is 0.472 e. The molecule has 0 bridgehead atoms. The quantitative estimate of drug-likeness (QED) is 0.218. The van der Waals surface area contributed by atoms with Crippen molar-refractivity contribution in [1.29, 1.82) is 0 Å². The van der Waals surface area contributed by atoms with Gasteiger partial charge in [0.25, 0.3) is 0 Å². The molecule has 1 aromatic rings. The lowest BCUT2D eigenvalue weighted by Gasteiger charge is -2.22. The van der Waals surface area contributed by atoms with Crippen LogP contribution in [0.3, 0.4) is 0 Å². The van der Waals surface area contributed by atoms with Gasteiger partial charge in [-0.15, -0.1) is 0 Å². The third-order valence-corrected chi connectivity index (χ3v) is 3.12. The van der Waals surface area contributed by atoms with Crippen molar-refractivity contribution >= 4 is 5.84 Å². The van der Waals surface area contributed by atoms with Crippen molar-refractivity contribution in [2.75, 3.05) is 6.54 Å². The molecule has 0 aliphatic heterocycles. The summed E-state index contributed by atoms with van der Waals surface area (Å²) in [6.07, 6.45) is 6.45. The highest BCUT2D eigenvalue weighted by Crippen LogP contribution is 2.23. The first-order chi connectivity index (χ1) is 8.56. The zero-order chi connectivity index (χ0) is 13.4. The molecule has 0 spiro atoms. The fraction of sp³-hybridized carbons (Fsp3) is 0.615. The molecule has 1 heterocycles. The molecule has 0 atom stereocenters. The van der Waals surface area contributed by atoms with Gasteiger partial charge in [-0.25, -0.2) is 0 Å². The summed E-state index contributed by atoms with van der Waals surface area (Å²) in [6.45, 7) is 5.76. The number of hydrogen-bond donors (Lipinski definition) is 3. The van der Waals surface area contributed by atoms with E-state index in [1.807, 2.05) is 19.9 Å². The molecule has 0 fully saturated rings. The van der Waals surface area contributed by atoms with Crippen LogP contribution in [0.15, 0.2) is 28.2 Å². The highest BCUT2D eigenvalue weighted by molar-refractivity contribution is 5.85. The Balaban J connectivity index is 2.08. The van der Waals surface area contributed by atoms with E-state index >= 15 is 0 Å². The first-order valence-electron chi connectivity index (χ1n) is 6.26. The maximum atomic E-state index is 8.66. The topological polar surface area (TPSA) is 83.8 Å². The zero-order valence-corrected chi connectivity index (χ0v) is 11.1. The van der Waals surface area contributed by atoms with E-state index in [0.29, 0.717) is 5.84 Å². The lowest BCUT2D eigenvalue weighted by Crippen LogP contribution is -2.32. The third kappa shape index (κ3) is 4.79. The van der Waals surface area contributed by atoms with Crippen molar-refractivity contribution in [2.45, 2.75) is 39.7 Å². The predicted molar refractivity (Wildman–Crippen MR) is 71.5 cm³/mol. The number of nitrogens with two attached hydrogens (primary N) is 1. The second-order valence-electron chi connectivity index (χ2n) is 5.13. The van der Waals surface area contributed by atoms with Gasteiger partial charge in [0.05, 0.1) is 12.5 Å². The van der Waals surface area contributed by atoms with Gasteiger partial charge >= 0.3 is 0 Å². The van der Waals surface area contributed by atoms with Crippen LogP contribution in [-0.4, -0.2) is 17.6 Å². The SMILES string of the molecule is CC(C)(CCCCNCc1ccoc1)/C(N)=N/O. The van der Waals surface area contributed by atoms with Crippen LogP contribution in [-0.2, 0) is 6.54 Å². The second-order valence-corrected chi connectivity index (χ2v) is 5.13. The van der Waals surface area contributed by atoms with E-state index in [9.17, 15) is 0 Å². The standard InChI is InChI=1S/C13H23N3O2/c1-13(2,12(14)16-17)6-3-4-7-15-9-11-5-8-18-10-11/h5,8,10,15,17H,3-4,6-7,9H2,1-2H3,(H2,14,16). The Morgan fingerprint density at radius 2 is 2.28 bits per heavy atom. The number of unbranched alkanes of at least 4 members (excludes halogenated alkanes) is 1. The Morgan fingerprint density at radius 3 is 2.89 bits per heavy atom. The number of furan rings is 1. The molecule has 18 heavy (non-hydrogen) atoms. The minimum absolute atomic E-state index is 0.237. The summed E-state index contributed by atoms with van der Waals surface area (Å²) in [5.41, 5.74) is 6.55. The monoisotopic (exact) mass is 253 g/mol. The number of nitrogens with one attached hydrogen (secondary N) is 1. The summed E-state index contributed by atoms with van der Waals surface area (Å²) in [7, 11) is 0. The summed E-state index contributed by atoms with van der Waals surface area (Å²) < 4.78 is 4.99. The maximum Gasteiger partial charge on any atom is 0.144 e. The normalized spacial score (nSPS) is 12.9. The van der Waals surface area contributed by atoms with Crippen LogP contribution in [0.1, 0.15) is 38.7 Å². The molecule has 0 aromatic carbocycles. The minimum atomic E-state index is -0.237. The van der Waals surface area contributed by atoms with Crippen molar-refractivity contribution in [1.82, 2.24) is 5.32 Å². The molecule has 4 N–H and O–H groups in total. The summed E-state index contributed by atoms with van der Waals surface area (Å²) in [4.78, 5) is 0. The number of amidine groups is 1. The van der Waals surface area contributed by atoms with Crippen molar-refractivity contribution in [3.8, 4) is 0 Å². The fourth-order valence-corrected chi connectivity index (χ4v) is 1.71. The Bertz CT molecular complexity index is 358. The molecular formula is C13H23N3O2. The number of rotatable bonds is 8. The molecule has 0 aliphatic carbocycles. The molecule has 1 aromatic heterocycles. The molecule has 0 saturated carbocycles. The van der Waals surface area contributed by atoms with E-state index in [2.05, 4.69) is 10.5 Å². The molecule has 5 heteroatoms. The zero-order valence-electron chi connectivity index (χ0n) is 11.1. The van der Waals surface area contributed by atoms with Gasteiger partial charge in [0, 0.05) is 17.5 Å². The van der Waals surface area contributed by atoms with Crippen LogP contribution in [0.4, 0.5) is 0 Å². The van der Waals surface area contributed by atoms with E-state index in [4.69, 9.17) is 15.4 Å². The van der Waals surface area contributed by atoms with Gasteiger partial charge in [-0.2, -0.15) is 0 Å². The van der Waals surface area contributed by atoms with Gasteiger partial charge in [-0.1, -0.05) is 25.4 Å². The summed E-state index contributed by atoms with van der Waals surface area (Å²) >= 11 is 0. The Kier molecular flexibility index (Phi) is 5.71. The average Bonchev–Trinajstić information content (AvgIpc) is 2.85. The second kappa shape index (κ2) is 7.06. The van der Waals surface area contributed by atoms with Gasteiger partial charge in [-0.3, -0.25) is 0 Å². The summed E-state index contributed by atoms with van der Waals surface area (Å²) in [5, 5.41) is 15.1. The molecule has 0 radical (unpaired) electrons. The average molecular weight is 253 g/mol. The molecule has 0 aliphatic rings. The molecule has 102 valence electrons. The van der Waals surface area contributed by atoms with Crippen molar-refractivity contribution in [2.24, 2.45) is 16.3 Å². The number of oxime groups is 1. The third-order valence-electron chi connectivity index (χ3n) is 3.12. The highest BCUT2D eigenvalue weighted by Gasteiger charge is 2.22. The van der Waals surface area contributed by atoms with Gasteiger partial charge in [0.2, 0.25) is 0 Å². The Hall–Kier alpha value is -1.49. The van der Waals surface area contributed by atoms with Crippen LogP contribution in [0.2, 0.25) is 0 Å². The fourth-order valence-electron chi connectivity index (χ4n) is 1.71. The molecule has 0 unspecified atom stereocenters. The Morgan fingerprint density at radius 1 is 1.50 bits per heavy atom. The van der Waals surface area contributed by atoms with Crippen molar-refractivity contribution in [3.63, 3.8) is 0 Å². The predicted octanol–water partition coefficient (Wildman–Crippen LogP) is 2.31. The van der Waals surface area contributed by atoms with Crippen LogP contribution < -0.4 is 11.1 Å². The highest BCUT2D eigenvalue weighted by atomic mass is 16.4. The van der Waals surface area contributed by atoms with E-state index in [1.165, 1.54) is 0 Å². The van der Waals surface area contributed by atoms with Gasteiger partial charge in [-0.05, 0) is 25.5 Å². The van der Waals surface area contributed by atoms with Gasteiger partial charge in [0.1, 0.15) is 5.84 Å². The minimum Gasteiger partial charge on any atom is -0.472 e. The van der Waals surface area contributed by atoms with E-state index in [-0.39, 0.29) is 5.41 Å². The van der Waals surface area contributed by atoms with Crippen LogP contribution in [0, 0.1) is 5.41 Å². The summed E-state index contributed by atoms with van der Waals surface area (Å²) in [5.74, 6) is 0.300. The first kappa shape index (κ1) is 14.6. The van der Waals surface area contributed by atoms with E-state index < -0.39 is 0 Å². The first-order valence-corrected chi connectivity index (χ1v) is 6.26. The summed E-state index contributed by atoms with van der Waals surface area (Å²) in [6, 6.07) is 1.95. The number of hydrogen-bond acceptors (Lipinski definition) is 4. The van der Waals surface area contributed by atoms with Crippen molar-refractivity contribution in [3.05, 3.63) is 24.2 Å². The smallest absolute Gasteiger partial charge is 0.144 e.